The van der Waals surface area contributed by atoms with Crippen LogP contribution in [0.15, 0.2) is 54.6 Å². The minimum absolute atomic E-state index is 0.988. The van der Waals surface area contributed by atoms with Crippen LogP contribution >= 0.6 is 0 Å². The van der Waals surface area contributed by atoms with E-state index in [1.165, 1.54) is 27.8 Å². The SMILES string of the molecule is CCc1nc2ccc(-c3ccccc3)cc2cc1C. The smallest absolute Gasteiger partial charge is 0.0705 e. The van der Waals surface area contributed by atoms with Crippen molar-refractivity contribution in [1.29, 1.82) is 0 Å². The second kappa shape index (κ2) is 4.85. The molecule has 0 fully saturated rings. The van der Waals surface area contributed by atoms with Crippen molar-refractivity contribution in [3.63, 3.8) is 0 Å². The number of rotatable bonds is 2. The second-order valence-electron chi connectivity index (χ2n) is 4.88. The highest BCUT2D eigenvalue weighted by Crippen LogP contribution is 2.24. The minimum Gasteiger partial charge on any atom is -0.253 e. The Bertz CT molecular complexity index is 714. The first kappa shape index (κ1) is 11.9. The molecule has 0 atom stereocenters. The van der Waals surface area contributed by atoms with E-state index in [9.17, 15) is 0 Å². The van der Waals surface area contributed by atoms with Gasteiger partial charge in [0.05, 0.1) is 5.52 Å². The summed E-state index contributed by atoms with van der Waals surface area (Å²) in [7, 11) is 0. The Morgan fingerprint density at radius 1 is 0.895 bits per heavy atom. The quantitative estimate of drug-likeness (QED) is 0.635. The van der Waals surface area contributed by atoms with Crippen LogP contribution in [0.5, 0.6) is 0 Å². The summed E-state index contributed by atoms with van der Waals surface area (Å²) < 4.78 is 0. The molecule has 1 heterocycles. The van der Waals surface area contributed by atoms with Crippen LogP contribution in [0.3, 0.4) is 0 Å². The molecule has 1 nitrogen and oxygen atoms in total. The van der Waals surface area contributed by atoms with Crippen LogP contribution in [0.4, 0.5) is 0 Å². The van der Waals surface area contributed by atoms with Gasteiger partial charge in [0, 0.05) is 11.1 Å². The van der Waals surface area contributed by atoms with Crippen molar-refractivity contribution in [3.05, 3.63) is 65.9 Å². The first-order valence-electron chi connectivity index (χ1n) is 6.73. The fraction of sp³-hybridized carbons (Fsp3) is 0.167. The topological polar surface area (TPSA) is 12.9 Å². The molecule has 3 rings (SSSR count). The van der Waals surface area contributed by atoms with Gasteiger partial charge in [0.1, 0.15) is 0 Å². The van der Waals surface area contributed by atoms with Gasteiger partial charge in [0.15, 0.2) is 0 Å². The number of benzene rings is 2. The first-order valence-corrected chi connectivity index (χ1v) is 6.73. The molecule has 0 unspecified atom stereocenters. The molecule has 0 N–H and O–H groups in total. The van der Waals surface area contributed by atoms with E-state index in [4.69, 9.17) is 4.98 Å². The third-order valence-corrected chi connectivity index (χ3v) is 3.55. The highest BCUT2D eigenvalue weighted by molar-refractivity contribution is 5.85. The summed E-state index contributed by atoms with van der Waals surface area (Å²) in [5.41, 5.74) is 6.06. The molecule has 0 aliphatic carbocycles. The van der Waals surface area contributed by atoms with E-state index in [1.54, 1.807) is 0 Å². The van der Waals surface area contributed by atoms with E-state index >= 15 is 0 Å². The number of hydrogen-bond donors (Lipinski definition) is 0. The Kier molecular flexibility index (Phi) is 3.04. The molecule has 0 saturated carbocycles. The summed E-state index contributed by atoms with van der Waals surface area (Å²) in [6.45, 7) is 4.29. The fourth-order valence-corrected chi connectivity index (χ4v) is 2.49. The van der Waals surface area contributed by atoms with Gasteiger partial charge >= 0.3 is 0 Å². The molecule has 0 aliphatic rings. The Hall–Kier alpha value is -2.15. The number of fused-ring (bicyclic) bond motifs is 1. The molecule has 0 amide bonds. The number of aromatic nitrogens is 1. The van der Waals surface area contributed by atoms with Gasteiger partial charge in [-0.25, -0.2) is 0 Å². The predicted octanol–water partition coefficient (Wildman–Crippen LogP) is 4.77. The molecule has 3 aromatic rings. The molecule has 19 heavy (non-hydrogen) atoms. The van der Waals surface area contributed by atoms with E-state index < -0.39 is 0 Å². The first-order chi connectivity index (χ1) is 9.28. The highest BCUT2D eigenvalue weighted by atomic mass is 14.7. The molecule has 0 radical (unpaired) electrons. The van der Waals surface area contributed by atoms with E-state index in [2.05, 4.69) is 62.4 Å². The summed E-state index contributed by atoms with van der Waals surface area (Å²) in [5.74, 6) is 0. The predicted molar refractivity (Wildman–Crippen MR) is 81.3 cm³/mol. The third-order valence-electron chi connectivity index (χ3n) is 3.55. The molecule has 2 aromatic carbocycles. The third kappa shape index (κ3) is 2.24. The average molecular weight is 247 g/mol. The fourth-order valence-electron chi connectivity index (χ4n) is 2.49. The van der Waals surface area contributed by atoms with Crippen LogP contribution in [-0.4, -0.2) is 4.98 Å². The van der Waals surface area contributed by atoms with Crippen LogP contribution in [-0.2, 0) is 6.42 Å². The van der Waals surface area contributed by atoms with Crippen molar-refractivity contribution in [1.82, 2.24) is 4.98 Å². The summed E-state index contributed by atoms with van der Waals surface area (Å²) >= 11 is 0. The summed E-state index contributed by atoms with van der Waals surface area (Å²) in [6, 6.07) is 19.2. The number of aryl methyl sites for hydroxylation is 2. The van der Waals surface area contributed by atoms with Crippen molar-refractivity contribution in [2.24, 2.45) is 0 Å². The largest absolute Gasteiger partial charge is 0.253 e. The van der Waals surface area contributed by atoms with Gasteiger partial charge in [0.2, 0.25) is 0 Å². The van der Waals surface area contributed by atoms with Crippen LogP contribution < -0.4 is 0 Å². The zero-order valence-corrected chi connectivity index (χ0v) is 11.4. The van der Waals surface area contributed by atoms with Crippen molar-refractivity contribution in [2.75, 3.05) is 0 Å². The summed E-state index contributed by atoms with van der Waals surface area (Å²) in [6.07, 6.45) is 0.988. The van der Waals surface area contributed by atoms with Crippen LogP contribution in [0.25, 0.3) is 22.0 Å². The lowest BCUT2D eigenvalue weighted by molar-refractivity contribution is 1.03. The van der Waals surface area contributed by atoms with Crippen molar-refractivity contribution >= 4 is 10.9 Å². The lowest BCUT2D eigenvalue weighted by Gasteiger charge is -2.07. The molecule has 0 saturated heterocycles. The monoisotopic (exact) mass is 247 g/mol. The van der Waals surface area contributed by atoms with Gasteiger partial charge in [-0.05, 0) is 48.2 Å². The van der Waals surface area contributed by atoms with Crippen LogP contribution in [0.1, 0.15) is 18.2 Å². The minimum atomic E-state index is 0.988. The maximum atomic E-state index is 4.73. The van der Waals surface area contributed by atoms with Gasteiger partial charge in [-0.1, -0.05) is 43.3 Å². The van der Waals surface area contributed by atoms with Gasteiger partial charge in [0.25, 0.3) is 0 Å². The highest BCUT2D eigenvalue weighted by Gasteiger charge is 2.04. The second-order valence-corrected chi connectivity index (χ2v) is 4.88. The van der Waals surface area contributed by atoms with E-state index in [0.29, 0.717) is 0 Å². The van der Waals surface area contributed by atoms with Gasteiger partial charge in [-0.3, -0.25) is 4.98 Å². The van der Waals surface area contributed by atoms with Gasteiger partial charge in [-0.2, -0.15) is 0 Å². The van der Waals surface area contributed by atoms with E-state index in [0.717, 1.165) is 11.9 Å². The molecule has 0 spiro atoms. The van der Waals surface area contributed by atoms with E-state index in [-0.39, 0.29) is 0 Å². The normalized spacial score (nSPS) is 10.8. The molecule has 1 aromatic heterocycles. The zero-order valence-electron chi connectivity index (χ0n) is 11.4. The molecular weight excluding hydrogens is 230 g/mol. The van der Waals surface area contributed by atoms with Crippen LogP contribution in [0.2, 0.25) is 0 Å². The van der Waals surface area contributed by atoms with Gasteiger partial charge < -0.3 is 0 Å². The zero-order chi connectivity index (χ0) is 13.2. The summed E-state index contributed by atoms with van der Waals surface area (Å²) in [5, 5.41) is 1.22. The van der Waals surface area contributed by atoms with Crippen molar-refractivity contribution in [3.8, 4) is 11.1 Å². The maximum absolute atomic E-state index is 4.73. The standard InChI is InChI=1S/C18H17N/c1-3-17-13(2)11-16-12-15(9-10-18(16)19-17)14-7-5-4-6-8-14/h4-12H,3H2,1-2H3. The lowest BCUT2D eigenvalue weighted by atomic mass is 10.0. The molecule has 94 valence electrons. The lowest BCUT2D eigenvalue weighted by Crippen LogP contribution is -1.93. The van der Waals surface area contributed by atoms with Gasteiger partial charge in [-0.15, -0.1) is 0 Å². The Balaban J connectivity index is 2.16. The number of nitrogens with zero attached hydrogens (tertiary/aromatic N) is 1. The number of pyridine rings is 1. The Labute approximate surface area is 113 Å². The Morgan fingerprint density at radius 3 is 2.42 bits per heavy atom. The summed E-state index contributed by atoms with van der Waals surface area (Å²) in [4.78, 5) is 4.73. The Morgan fingerprint density at radius 2 is 1.68 bits per heavy atom. The maximum Gasteiger partial charge on any atom is 0.0705 e. The average Bonchev–Trinajstić information content (AvgIpc) is 2.47. The molecule has 0 aliphatic heterocycles. The van der Waals surface area contributed by atoms with Crippen molar-refractivity contribution in [2.45, 2.75) is 20.3 Å². The van der Waals surface area contributed by atoms with Crippen molar-refractivity contribution < 1.29 is 0 Å². The van der Waals surface area contributed by atoms with Crippen LogP contribution in [0, 0.1) is 6.92 Å². The molecular formula is C18H17N. The number of hydrogen-bond acceptors (Lipinski definition) is 1. The molecule has 1 heteroatoms. The molecule has 0 bridgehead atoms. The van der Waals surface area contributed by atoms with E-state index in [1.807, 2.05) is 6.07 Å².